The zero-order chi connectivity index (χ0) is 8.53. The molecule has 0 aromatic heterocycles. The van der Waals surface area contributed by atoms with E-state index in [9.17, 15) is 0 Å². The van der Waals surface area contributed by atoms with Crippen molar-refractivity contribution < 1.29 is 0 Å². The first-order valence-electron chi connectivity index (χ1n) is 4.43. The average molecular weight is 171 g/mol. The monoisotopic (exact) mass is 171 g/mol. The summed E-state index contributed by atoms with van der Waals surface area (Å²) in [4.78, 5) is 0. The summed E-state index contributed by atoms with van der Waals surface area (Å²) >= 11 is 1.85. The molecule has 11 heavy (non-hydrogen) atoms. The Morgan fingerprint density at radius 2 is 2.09 bits per heavy atom. The highest BCUT2D eigenvalue weighted by Crippen LogP contribution is 2.15. The third-order valence-electron chi connectivity index (χ3n) is 1.86. The molecule has 0 spiro atoms. The van der Waals surface area contributed by atoms with Crippen LogP contribution < -0.4 is 0 Å². The van der Waals surface area contributed by atoms with E-state index in [4.69, 9.17) is 6.58 Å². The molecule has 0 bridgehead atoms. The van der Waals surface area contributed by atoms with Crippen molar-refractivity contribution in [2.24, 2.45) is 0 Å². The summed E-state index contributed by atoms with van der Waals surface area (Å²) in [5.41, 5.74) is 0. The Balaban J connectivity index is 3.14. The molecule has 1 heteroatoms. The molecular formula is C10H19S. The third kappa shape index (κ3) is 6.49. The first-order chi connectivity index (χ1) is 5.35. The molecule has 1 atom stereocenters. The van der Waals surface area contributed by atoms with E-state index >= 15 is 0 Å². The number of hydrogen-bond donors (Lipinski definition) is 0. The molecule has 0 N–H and O–H groups in total. The van der Waals surface area contributed by atoms with Crippen LogP contribution in [0.3, 0.4) is 0 Å². The fourth-order valence-corrected chi connectivity index (χ4v) is 1.62. The topological polar surface area (TPSA) is 0 Å². The van der Waals surface area contributed by atoms with Gasteiger partial charge in [-0.3, -0.25) is 0 Å². The van der Waals surface area contributed by atoms with Gasteiger partial charge in [0, 0.05) is 5.25 Å². The third-order valence-corrected chi connectivity index (χ3v) is 2.86. The second-order valence-corrected chi connectivity index (χ2v) is 3.89. The Hall–Kier alpha value is 0.0900. The highest BCUT2D eigenvalue weighted by atomic mass is 32.2. The number of hydrogen-bond acceptors (Lipinski definition) is 1. The van der Waals surface area contributed by atoms with Gasteiger partial charge in [0.25, 0.3) is 0 Å². The number of rotatable bonds is 7. The number of unbranched alkanes of at least 4 members (excludes halogenated alkanes) is 3. The van der Waals surface area contributed by atoms with E-state index in [2.05, 4.69) is 13.2 Å². The van der Waals surface area contributed by atoms with Crippen molar-refractivity contribution in [2.75, 3.05) is 6.26 Å². The van der Waals surface area contributed by atoms with Crippen molar-refractivity contribution in [2.45, 2.75) is 44.3 Å². The molecule has 0 aromatic carbocycles. The quantitative estimate of drug-likeness (QED) is 0.527. The molecule has 0 saturated carbocycles. The minimum absolute atomic E-state index is 0.576. The molecule has 0 fully saturated rings. The molecule has 0 amide bonds. The van der Waals surface area contributed by atoms with Crippen LogP contribution >= 0.6 is 11.8 Å². The molecule has 0 aliphatic carbocycles. The minimum atomic E-state index is 0.576. The summed E-state index contributed by atoms with van der Waals surface area (Å²) in [6.45, 7) is 7.69. The molecule has 0 aliphatic heterocycles. The van der Waals surface area contributed by atoms with E-state index in [0.717, 1.165) is 0 Å². The van der Waals surface area contributed by atoms with Crippen LogP contribution in [0.5, 0.6) is 0 Å². The molecule has 1 radical (unpaired) electrons. The average Bonchev–Trinajstić information content (AvgIpc) is 2.05. The Labute approximate surface area is 75.5 Å². The normalized spacial score (nSPS) is 12.9. The lowest BCUT2D eigenvalue weighted by Crippen LogP contribution is -1.95. The molecule has 0 nitrogen and oxygen atoms in total. The predicted octanol–water partition coefficient (Wildman–Crippen LogP) is 3.68. The van der Waals surface area contributed by atoms with Crippen LogP contribution in [0.15, 0.2) is 6.08 Å². The summed E-state index contributed by atoms with van der Waals surface area (Å²) in [5, 5.41) is 0.576. The molecule has 0 aromatic rings. The van der Waals surface area contributed by atoms with Gasteiger partial charge >= 0.3 is 0 Å². The SMILES string of the molecule is [CH]=CC(CCCCCC)SC. The van der Waals surface area contributed by atoms with Gasteiger partial charge in [0.2, 0.25) is 0 Å². The molecule has 1 unspecified atom stereocenters. The van der Waals surface area contributed by atoms with Gasteiger partial charge < -0.3 is 0 Å². The summed E-state index contributed by atoms with van der Waals surface area (Å²) in [6, 6.07) is 0. The maximum absolute atomic E-state index is 5.45. The van der Waals surface area contributed by atoms with E-state index in [1.165, 1.54) is 32.1 Å². The number of thioether (sulfide) groups is 1. The van der Waals surface area contributed by atoms with Crippen LogP contribution in [0, 0.1) is 6.58 Å². The zero-order valence-corrected chi connectivity index (χ0v) is 8.49. The van der Waals surface area contributed by atoms with Gasteiger partial charge in [-0.1, -0.05) is 45.3 Å². The molecule has 0 heterocycles. The summed E-state index contributed by atoms with van der Waals surface area (Å²) in [6.07, 6.45) is 10.6. The summed E-state index contributed by atoms with van der Waals surface area (Å²) in [7, 11) is 0. The van der Waals surface area contributed by atoms with Crippen LogP contribution in [-0.4, -0.2) is 11.5 Å². The van der Waals surface area contributed by atoms with Crippen molar-refractivity contribution >= 4 is 11.8 Å². The van der Waals surface area contributed by atoms with E-state index in [-0.39, 0.29) is 0 Å². The fourth-order valence-electron chi connectivity index (χ4n) is 1.06. The molecule has 0 saturated heterocycles. The Morgan fingerprint density at radius 1 is 1.36 bits per heavy atom. The van der Waals surface area contributed by atoms with Crippen molar-refractivity contribution in [1.82, 2.24) is 0 Å². The van der Waals surface area contributed by atoms with Crippen LogP contribution in [0.25, 0.3) is 0 Å². The van der Waals surface area contributed by atoms with Gasteiger partial charge in [0.1, 0.15) is 0 Å². The van der Waals surface area contributed by atoms with Gasteiger partial charge in [-0.25, -0.2) is 0 Å². The van der Waals surface area contributed by atoms with E-state index in [0.29, 0.717) is 5.25 Å². The fraction of sp³-hybridized carbons (Fsp3) is 0.800. The van der Waals surface area contributed by atoms with Gasteiger partial charge in [-0.15, -0.1) is 0 Å². The highest BCUT2D eigenvalue weighted by Gasteiger charge is 1.99. The van der Waals surface area contributed by atoms with E-state index in [1.807, 2.05) is 17.8 Å². The minimum Gasteiger partial charge on any atom is -0.158 e. The van der Waals surface area contributed by atoms with Gasteiger partial charge in [0.05, 0.1) is 0 Å². The van der Waals surface area contributed by atoms with Crippen LogP contribution in [0.4, 0.5) is 0 Å². The lowest BCUT2D eigenvalue weighted by atomic mass is 10.1. The Bertz CT molecular complexity index is 88.9. The molecule has 0 rings (SSSR count). The van der Waals surface area contributed by atoms with Crippen molar-refractivity contribution in [1.29, 1.82) is 0 Å². The second kappa shape index (κ2) is 8.19. The van der Waals surface area contributed by atoms with Crippen LogP contribution in [0.1, 0.15) is 39.0 Å². The molecular weight excluding hydrogens is 152 g/mol. The highest BCUT2D eigenvalue weighted by molar-refractivity contribution is 7.99. The predicted molar refractivity (Wildman–Crippen MR) is 54.9 cm³/mol. The lowest BCUT2D eigenvalue weighted by Gasteiger charge is -2.07. The van der Waals surface area contributed by atoms with Crippen LogP contribution in [0.2, 0.25) is 0 Å². The van der Waals surface area contributed by atoms with E-state index < -0.39 is 0 Å². The Kier molecular flexibility index (Phi) is 8.26. The molecule has 65 valence electrons. The summed E-state index contributed by atoms with van der Waals surface area (Å²) in [5.74, 6) is 0. The Morgan fingerprint density at radius 3 is 2.55 bits per heavy atom. The first kappa shape index (κ1) is 11.1. The van der Waals surface area contributed by atoms with Crippen molar-refractivity contribution in [3.63, 3.8) is 0 Å². The van der Waals surface area contributed by atoms with Gasteiger partial charge in [-0.2, -0.15) is 11.8 Å². The maximum Gasteiger partial charge on any atom is 0.0227 e. The standard InChI is InChI=1S/C10H19S/c1-4-6-7-8-9-10(5-2)11-3/h2,5,10H,4,6-9H2,1,3H3. The zero-order valence-electron chi connectivity index (χ0n) is 7.68. The van der Waals surface area contributed by atoms with E-state index in [1.54, 1.807) is 0 Å². The smallest absolute Gasteiger partial charge is 0.0227 e. The van der Waals surface area contributed by atoms with Crippen LogP contribution in [-0.2, 0) is 0 Å². The lowest BCUT2D eigenvalue weighted by molar-refractivity contribution is 0.642. The van der Waals surface area contributed by atoms with Gasteiger partial charge in [0.15, 0.2) is 0 Å². The molecule has 0 aliphatic rings. The summed E-state index contributed by atoms with van der Waals surface area (Å²) < 4.78 is 0. The first-order valence-corrected chi connectivity index (χ1v) is 5.71. The largest absolute Gasteiger partial charge is 0.158 e. The van der Waals surface area contributed by atoms with Crippen molar-refractivity contribution in [3.8, 4) is 0 Å². The van der Waals surface area contributed by atoms with Gasteiger partial charge in [-0.05, 0) is 12.7 Å². The maximum atomic E-state index is 5.45. The second-order valence-electron chi connectivity index (χ2n) is 2.82. The van der Waals surface area contributed by atoms with Crippen molar-refractivity contribution in [3.05, 3.63) is 12.7 Å².